The topological polar surface area (TPSA) is 38.3 Å². The molecule has 21 heavy (non-hydrogen) atoms. The van der Waals surface area contributed by atoms with Crippen LogP contribution < -0.4 is 5.32 Å². The molecule has 1 N–H and O–H groups in total. The molecule has 2 rings (SSSR count). The molecule has 1 fully saturated rings. The Morgan fingerprint density at radius 2 is 2.10 bits per heavy atom. The normalized spacial score (nSPS) is 15.3. The Morgan fingerprint density at radius 3 is 2.67 bits per heavy atom. The molecule has 3 heteroatoms. The van der Waals surface area contributed by atoms with E-state index >= 15 is 0 Å². The van der Waals surface area contributed by atoms with Gasteiger partial charge in [0.05, 0.1) is 0 Å². The van der Waals surface area contributed by atoms with E-state index in [1.165, 1.54) is 11.1 Å². The average molecular weight is 287 g/mol. The second-order valence-electron chi connectivity index (χ2n) is 6.75. The highest BCUT2D eigenvalue weighted by atomic mass is 16.6. The van der Waals surface area contributed by atoms with Crippen molar-refractivity contribution in [3.05, 3.63) is 47.2 Å². The zero-order valence-corrected chi connectivity index (χ0v) is 13.4. The lowest BCUT2D eigenvalue weighted by Crippen LogP contribution is -2.40. The van der Waals surface area contributed by atoms with Crippen molar-refractivity contribution in [2.75, 3.05) is 0 Å². The molecule has 3 nitrogen and oxygen atoms in total. The number of aryl methyl sites for hydroxylation is 1. The maximum Gasteiger partial charge on any atom is 0.329 e. The second kappa shape index (κ2) is 6.33. The van der Waals surface area contributed by atoms with Crippen LogP contribution in [0.1, 0.15) is 44.7 Å². The highest BCUT2D eigenvalue weighted by Gasteiger charge is 2.25. The van der Waals surface area contributed by atoms with Crippen LogP contribution in [0.15, 0.2) is 36.0 Å². The number of carbonyl (C=O) groups is 1. The summed E-state index contributed by atoms with van der Waals surface area (Å²) in [6.45, 7) is 7.75. The quantitative estimate of drug-likeness (QED) is 0.842. The lowest BCUT2D eigenvalue weighted by molar-refractivity contribution is -0.157. The predicted molar refractivity (Wildman–Crippen MR) is 85.0 cm³/mol. The van der Waals surface area contributed by atoms with Gasteiger partial charge >= 0.3 is 5.97 Å². The largest absolute Gasteiger partial charge is 0.458 e. The Kier molecular flexibility index (Phi) is 4.71. The predicted octanol–water partition coefficient (Wildman–Crippen LogP) is 3.52. The lowest BCUT2D eigenvalue weighted by atomic mass is 10.0. The van der Waals surface area contributed by atoms with Gasteiger partial charge in [-0.15, -0.1) is 0 Å². The second-order valence-corrected chi connectivity index (χ2v) is 6.75. The van der Waals surface area contributed by atoms with Gasteiger partial charge in [-0.3, -0.25) is 0 Å². The summed E-state index contributed by atoms with van der Waals surface area (Å²) in [5.41, 5.74) is 3.26. The number of hydrogen-bond donors (Lipinski definition) is 1. The Bertz CT molecular complexity index is 534. The molecular weight excluding hydrogens is 262 g/mol. The van der Waals surface area contributed by atoms with Crippen molar-refractivity contribution < 1.29 is 9.53 Å². The van der Waals surface area contributed by atoms with E-state index in [4.69, 9.17) is 4.74 Å². The zero-order chi connectivity index (χ0) is 15.5. The van der Waals surface area contributed by atoms with Crippen LogP contribution in [-0.2, 0) is 16.0 Å². The molecule has 114 valence electrons. The summed E-state index contributed by atoms with van der Waals surface area (Å²) < 4.78 is 5.52. The summed E-state index contributed by atoms with van der Waals surface area (Å²) in [5.74, 6) is -0.193. The third-order valence-electron chi connectivity index (χ3n) is 3.24. The minimum Gasteiger partial charge on any atom is -0.458 e. The number of nitrogens with one attached hydrogen (secondary N) is 1. The first-order valence-corrected chi connectivity index (χ1v) is 7.56. The fraction of sp³-hybridized carbons (Fsp3) is 0.500. The molecule has 1 aromatic carbocycles. The molecule has 0 bridgehead atoms. The standard InChI is InChI=1S/C18H25NO2/c1-13-6-5-7-15(10-13)11-16(19-12-14-8-9-14)17(20)21-18(2,3)4/h5-7,10,12,16,19H,8-9,11H2,1-4H3. The van der Waals surface area contributed by atoms with E-state index < -0.39 is 5.60 Å². The minimum atomic E-state index is -0.462. The van der Waals surface area contributed by atoms with E-state index in [0.717, 1.165) is 18.4 Å². The molecule has 1 saturated carbocycles. The highest BCUT2D eigenvalue weighted by molar-refractivity contribution is 5.76. The Morgan fingerprint density at radius 1 is 1.38 bits per heavy atom. The fourth-order valence-corrected chi connectivity index (χ4v) is 2.09. The van der Waals surface area contributed by atoms with Crippen molar-refractivity contribution in [3.8, 4) is 0 Å². The van der Waals surface area contributed by atoms with E-state index in [1.807, 2.05) is 33.0 Å². The third kappa shape index (κ3) is 5.62. The maximum atomic E-state index is 12.4. The van der Waals surface area contributed by atoms with Gasteiger partial charge in [0, 0.05) is 6.42 Å². The molecule has 1 atom stereocenters. The molecule has 0 radical (unpaired) electrons. The van der Waals surface area contributed by atoms with Crippen molar-refractivity contribution in [2.45, 2.75) is 58.6 Å². The van der Waals surface area contributed by atoms with E-state index in [2.05, 4.69) is 30.4 Å². The lowest BCUT2D eigenvalue weighted by Gasteiger charge is -2.24. The summed E-state index contributed by atoms with van der Waals surface area (Å²) in [6, 6.07) is 7.92. The van der Waals surface area contributed by atoms with Gasteiger partial charge in [0.2, 0.25) is 0 Å². The highest BCUT2D eigenvalue weighted by Crippen LogP contribution is 2.26. The van der Waals surface area contributed by atoms with E-state index in [9.17, 15) is 4.79 Å². The number of esters is 1. The molecule has 1 unspecified atom stereocenters. The van der Waals surface area contributed by atoms with Crippen molar-refractivity contribution in [1.82, 2.24) is 5.32 Å². The van der Waals surface area contributed by atoms with Gasteiger partial charge in [-0.05, 0) is 52.3 Å². The molecule has 0 heterocycles. The molecule has 1 aliphatic rings. The molecule has 1 aliphatic carbocycles. The molecule has 1 aromatic rings. The summed E-state index contributed by atoms with van der Waals surface area (Å²) >= 11 is 0. The van der Waals surface area contributed by atoms with Crippen LogP contribution in [0.3, 0.4) is 0 Å². The average Bonchev–Trinajstić information content (AvgIpc) is 3.16. The number of rotatable bonds is 5. The first-order chi connectivity index (χ1) is 9.83. The van der Waals surface area contributed by atoms with Crippen LogP contribution in [0.25, 0.3) is 0 Å². The molecule has 0 aliphatic heterocycles. The smallest absolute Gasteiger partial charge is 0.329 e. The number of ether oxygens (including phenoxy) is 1. The zero-order valence-electron chi connectivity index (χ0n) is 13.4. The number of allylic oxidation sites excluding steroid dienone is 1. The maximum absolute atomic E-state index is 12.4. The first-order valence-electron chi connectivity index (χ1n) is 7.56. The van der Waals surface area contributed by atoms with Gasteiger partial charge in [-0.25, -0.2) is 4.79 Å². The summed E-state index contributed by atoms with van der Waals surface area (Å²) in [7, 11) is 0. The van der Waals surface area contributed by atoms with Crippen molar-refractivity contribution in [2.24, 2.45) is 0 Å². The minimum absolute atomic E-state index is 0.193. The van der Waals surface area contributed by atoms with Crippen molar-refractivity contribution in [1.29, 1.82) is 0 Å². The Labute approximate surface area is 127 Å². The summed E-state index contributed by atoms with van der Waals surface area (Å²) in [5, 5.41) is 3.24. The number of benzene rings is 1. The van der Waals surface area contributed by atoms with Gasteiger partial charge in [0.1, 0.15) is 11.6 Å². The van der Waals surface area contributed by atoms with Gasteiger partial charge in [0.15, 0.2) is 0 Å². The Balaban J connectivity index is 2.07. The van der Waals surface area contributed by atoms with Crippen LogP contribution in [0.2, 0.25) is 0 Å². The molecule has 0 amide bonds. The fourth-order valence-electron chi connectivity index (χ4n) is 2.09. The van der Waals surface area contributed by atoms with E-state index in [1.54, 1.807) is 0 Å². The SMILES string of the molecule is Cc1cccc(CC(NC=C2CC2)C(=O)OC(C)(C)C)c1. The molecule has 0 aromatic heterocycles. The molecule has 0 saturated heterocycles. The van der Waals surface area contributed by atoms with Gasteiger partial charge in [-0.1, -0.05) is 35.4 Å². The van der Waals surface area contributed by atoms with E-state index in [-0.39, 0.29) is 12.0 Å². The van der Waals surface area contributed by atoms with E-state index in [0.29, 0.717) is 6.42 Å². The van der Waals surface area contributed by atoms with Gasteiger partial charge in [-0.2, -0.15) is 0 Å². The Hall–Kier alpha value is -1.77. The molecular formula is C18H25NO2. The van der Waals surface area contributed by atoms with Gasteiger partial charge in [0.25, 0.3) is 0 Å². The molecule has 0 spiro atoms. The number of carbonyl (C=O) groups excluding carboxylic acids is 1. The monoisotopic (exact) mass is 287 g/mol. The van der Waals surface area contributed by atoms with Crippen LogP contribution >= 0.6 is 0 Å². The van der Waals surface area contributed by atoms with Crippen LogP contribution in [0.4, 0.5) is 0 Å². The van der Waals surface area contributed by atoms with Crippen LogP contribution in [-0.4, -0.2) is 17.6 Å². The summed E-state index contributed by atoms with van der Waals surface area (Å²) in [6.07, 6.45) is 4.89. The first kappa shape index (κ1) is 15.6. The summed E-state index contributed by atoms with van der Waals surface area (Å²) in [4.78, 5) is 12.4. The van der Waals surface area contributed by atoms with Crippen molar-refractivity contribution in [3.63, 3.8) is 0 Å². The number of hydrogen-bond acceptors (Lipinski definition) is 3. The van der Waals surface area contributed by atoms with Gasteiger partial charge < -0.3 is 10.1 Å². The van der Waals surface area contributed by atoms with Crippen LogP contribution in [0.5, 0.6) is 0 Å². The van der Waals surface area contributed by atoms with Crippen LogP contribution in [0, 0.1) is 6.92 Å². The van der Waals surface area contributed by atoms with Crippen molar-refractivity contribution >= 4 is 5.97 Å². The third-order valence-corrected chi connectivity index (χ3v) is 3.24.